The SMILES string of the molecule is CC.CC.CC1CN(CCN)CCN1C. The molecule has 0 amide bonds. The van der Waals surface area contributed by atoms with Gasteiger partial charge in [0.2, 0.25) is 0 Å². The lowest BCUT2D eigenvalue weighted by atomic mass is 10.2. The summed E-state index contributed by atoms with van der Waals surface area (Å²) >= 11 is 0. The summed E-state index contributed by atoms with van der Waals surface area (Å²) in [5, 5.41) is 0. The standard InChI is InChI=1S/C8H19N3.2C2H6/c1-8-7-11(4-3-9)6-5-10(8)2;2*1-2/h8H,3-7,9H2,1-2H3;2*1-2H3. The lowest BCUT2D eigenvalue weighted by Gasteiger charge is -2.37. The third-order valence-electron chi connectivity index (χ3n) is 2.49. The summed E-state index contributed by atoms with van der Waals surface area (Å²) in [4.78, 5) is 4.83. The van der Waals surface area contributed by atoms with Crippen LogP contribution in [0, 0.1) is 0 Å². The molecule has 0 saturated carbocycles. The fraction of sp³-hybridized carbons (Fsp3) is 1.00. The molecular formula is C12H31N3. The normalized spacial score (nSPS) is 22.2. The van der Waals surface area contributed by atoms with Gasteiger partial charge in [0.1, 0.15) is 0 Å². The van der Waals surface area contributed by atoms with E-state index in [1.54, 1.807) is 0 Å². The zero-order valence-electron chi connectivity index (χ0n) is 11.6. The van der Waals surface area contributed by atoms with Crippen LogP contribution in [0.25, 0.3) is 0 Å². The summed E-state index contributed by atoms with van der Waals surface area (Å²) in [7, 11) is 2.18. The molecule has 0 aromatic carbocycles. The molecule has 2 N–H and O–H groups in total. The van der Waals surface area contributed by atoms with E-state index in [2.05, 4.69) is 23.8 Å². The molecule has 0 bridgehead atoms. The van der Waals surface area contributed by atoms with Crippen LogP contribution < -0.4 is 5.73 Å². The Morgan fingerprint density at radius 1 is 1.13 bits per heavy atom. The van der Waals surface area contributed by atoms with E-state index in [0.717, 1.165) is 13.1 Å². The summed E-state index contributed by atoms with van der Waals surface area (Å²) in [5.74, 6) is 0. The fourth-order valence-electron chi connectivity index (χ4n) is 1.51. The van der Waals surface area contributed by atoms with E-state index in [9.17, 15) is 0 Å². The van der Waals surface area contributed by atoms with Gasteiger partial charge in [-0.2, -0.15) is 0 Å². The van der Waals surface area contributed by atoms with Gasteiger partial charge in [-0.3, -0.25) is 4.90 Å². The van der Waals surface area contributed by atoms with Crippen LogP contribution in [0.3, 0.4) is 0 Å². The molecule has 1 saturated heterocycles. The number of piperazine rings is 1. The van der Waals surface area contributed by atoms with Gasteiger partial charge in [0.25, 0.3) is 0 Å². The second-order valence-corrected chi connectivity index (χ2v) is 3.42. The van der Waals surface area contributed by atoms with Gasteiger partial charge in [0, 0.05) is 38.8 Å². The van der Waals surface area contributed by atoms with Crippen molar-refractivity contribution in [1.82, 2.24) is 9.80 Å². The second-order valence-electron chi connectivity index (χ2n) is 3.42. The summed E-state index contributed by atoms with van der Waals surface area (Å²) < 4.78 is 0. The molecule has 1 unspecified atom stereocenters. The molecule has 0 aliphatic carbocycles. The van der Waals surface area contributed by atoms with Crippen molar-refractivity contribution in [3.8, 4) is 0 Å². The van der Waals surface area contributed by atoms with E-state index in [0.29, 0.717) is 6.04 Å². The minimum atomic E-state index is 0.690. The van der Waals surface area contributed by atoms with Gasteiger partial charge in [-0.05, 0) is 14.0 Å². The summed E-state index contributed by atoms with van der Waals surface area (Å²) in [6, 6.07) is 0.690. The maximum atomic E-state index is 5.48. The highest BCUT2D eigenvalue weighted by molar-refractivity contribution is 4.76. The van der Waals surface area contributed by atoms with Crippen molar-refractivity contribution in [2.45, 2.75) is 40.7 Å². The minimum Gasteiger partial charge on any atom is -0.329 e. The molecule has 0 aromatic heterocycles. The molecule has 1 atom stereocenters. The van der Waals surface area contributed by atoms with Gasteiger partial charge in [0.15, 0.2) is 0 Å². The van der Waals surface area contributed by atoms with Crippen molar-refractivity contribution >= 4 is 0 Å². The van der Waals surface area contributed by atoms with Gasteiger partial charge < -0.3 is 10.6 Å². The first kappa shape index (κ1) is 17.3. The maximum Gasteiger partial charge on any atom is 0.0192 e. The number of hydrogen-bond acceptors (Lipinski definition) is 3. The average molecular weight is 217 g/mol. The highest BCUT2D eigenvalue weighted by Gasteiger charge is 2.19. The molecule has 1 rings (SSSR count). The lowest BCUT2D eigenvalue weighted by molar-refractivity contribution is 0.108. The van der Waals surface area contributed by atoms with E-state index < -0.39 is 0 Å². The monoisotopic (exact) mass is 217 g/mol. The van der Waals surface area contributed by atoms with Crippen molar-refractivity contribution in [3.63, 3.8) is 0 Å². The van der Waals surface area contributed by atoms with Crippen LogP contribution in [-0.2, 0) is 0 Å². The Morgan fingerprint density at radius 3 is 2.07 bits per heavy atom. The highest BCUT2D eigenvalue weighted by Crippen LogP contribution is 2.05. The summed E-state index contributed by atoms with van der Waals surface area (Å²) in [5.41, 5.74) is 5.48. The van der Waals surface area contributed by atoms with Crippen LogP contribution in [0.5, 0.6) is 0 Å². The molecule has 94 valence electrons. The van der Waals surface area contributed by atoms with Crippen molar-refractivity contribution in [2.75, 3.05) is 39.8 Å². The number of nitrogens with zero attached hydrogens (tertiary/aromatic N) is 2. The van der Waals surface area contributed by atoms with E-state index >= 15 is 0 Å². The van der Waals surface area contributed by atoms with Crippen molar-refractivity contribution < 1.29 is 0 Å². The third-order valence-corrected chi connectivity index (χ3v) is 2.49. The molecule has 0 aromatic rings. The molecule has 1 heterocycles. The zero-order chi connectivity index (χ0) is 12.3. The van der Waals surface area contributed by atoms with Crippen LogP contribution in [0.1, 0.15) is 34.6 Å². The van der Waals surface area contributed by atoms with Crippen molar-refractivity contribution in [1.29, 1.82) is 0 Å². The van der Waals surface area contributed by atoms with E-state index in [1.165, 1.54) is 19.6 Å². The molecule has 15 heavy (non-hydrogen) atoms. The van der Waals surface area contributed by atoms with Crippen LogP contribution in [0.2, 0.25) is 0 Å². The van der Waals surface area contributed by atoms with Gasteiger partial charge >= 0.3 is 0 Å². The number of rotatable bonds is 2. The quantitative estimate of drug-likeness (QED) is 0.763. The molecule has 1 aliphatic rings. The zero-order valence-corrected chi connectivity index (χ0v) is 11.6. The van der Waals surface area contributed by atoms with Crippen LogP contribution >= 0.6 is 0 Å². The van der Waals surface area contributed by atoms with Crippen LogP contribution in [-0.4, -0.2) is 55.6 Å². The fourth-order valence-corrected chi connectivity index (χ4v) is 1.51. The minimum absolute atomic E-state index is 0.690. The van der Waals surface area contributed by atoms with E-state index in [-0.39, 0.29) is 0 Å². The first-order valence-corrected chi connectivity index (χ1v) is 6.36. The molecule has 3 heteroatoms. The molecular weight excluding hydrogens is 186 g/mol. The van der Waals surface area contributed by atoms with Gasteiger partial charge in [-0.25, -0.2) is 0 Å². The summed E-state index contributed by atoms with van der Waals surface area (Å²) in [6.45, 7) is 15.6. The smallest absolute Gasteiger partial charge is 0.0192 e. The Kier molecular flexibility index (Phi) is 13.8. The van der Waals surface area contributed by atoms with Crippen LogP contribution in [0.4, 0.5) is 0 Å². The third kappa shape index (κ3) is 7.77. The van der Waals surface area contributed by atoms with Crippen molar-refractivity contribution in [2.24, 2.45) is 5.73 Å². The number of hydrogen-bond donors (Lipinski definition) is 1. The first-order valence-electron chi connectivity index (χ1n) is 6.36. The number of nitrogens with two attached hydrogens (primary N) is 1. The largest absolute Gasteiger partial charge is 0.329 e. The highest BCUT2D eigenvalue weighted by atomic mass is 15.3. The predicted molar refractivity (Wildman–Crippen MR) is 70.3 cm³/mol. The first-order chi connectivity index (χ1) is 7.24. The lowest BCUT2D eigenvalue weighted by Crippen LogP contribution is -2.51. The van der Waals surface area contributed by atoms with Crippen molar-refractivity contribution in [3.05, 3.63) is 0 Å². The Bertz CT molecular complexity index is 117. The molecule has 0 radical (unpaired) electrons. The van der Waals surface area contributed by atoms with Gasteiger partial charge in [-0.15, -0.1) is 0 Å². The van der Waals surface area contributed by atoms with E-state index in [1.807, 2.05) is 27.7 Å². The molecule has 1 aliphatic heterocycles. The Morgan fingerprint density at radius 2 is 1.67 bits per heavy atom. The molecule has 0 spiro atoms. The van der Waals surface area contributed by atoms with Gasteiger partial charge in [-0.1, -0.05) is 27.7 Å². The predicted octanol–water partition coefficient (Wildman–Crippen LogP) is 1.63. The average Bonchev–Trinajstić information content (AvgIpc) is 2.30. The van der Waals surface area contributed by atoms with Crippen LogP contribution in [0.15, 0.2) is 0 Å². The molecule has 3 nitrogen and oxygen atoms in total. The maximum absolute atomic E-state index is 5.48. The Balaban J connectivity index is 0. The topological polar surface area (TPSA) is 32.5 Å². The Labute approximate surface area is 96.6 Å². The van der Waals surface area contributed by atoms with Gasteiger partial charge in [0.05, 0.1) is 0 Å². The Hall–Kier alpha value is -0.120. The summed E-state index contributed by atoms with van der Waals surface area (Å²) in [6.07, 6.45) is 0. The molecule has 1 fully saturated rings. The second kappa shape index (κ2) is 12.0. The number of likely N-dealkylation sites (N-methyl/N-ethyl adjacent to an activating group) is 1. The van der Waals surface area contributed by atoms with E-state index in [4.69, 9.17) is 5.73 Å².